The second-order valence-corrected chi connectivity index (χ2v) is 10.4. The van der Waals surface area contributed by atoms with Gasteiger partial charge in [-0.3, -0.25) is 18.6 Å². The average molecular weight is 584 g/mol. The van der Waals surface area contributed by atoms with E-state index in [-0.39, 0.29) is 32.1 Å². The quantitative estimate of drug-likeness (QED) is 0.0497. The molecule has 0 rings (SSSR count). The summed E-state index contributed by atoms with van der Waals surface area (Å²) in [6, 6.07) is 0. The maximum absolute atomic E-state index is 11.8. The van der Waals surface area contributed by atoms with Gasteiger partial charge >= 0.3 is 13.8 Å². The van der Waals surface area contributed by atoms with Crippen LogP contribution in [0, 0.1) is 0 Å². The number of ether oxygens (including phenoxy) is 1. The highest BCUT2D eigenvalue weighted by Gasteiger charge is 2.23. The summed E-state index contributed by atoms with van der Waals surface area (Å²) in [6.45, 7) is 3.06. The van der Waals surface area contributed by atoms with E-state index >= 15 is 0 Å². The van der Waals surface area contributed by atoms with Gasteiger partial charge in [-0.25, -0.2) is 4.57 Å². The molecule has 9 nitrogen and oxygen atoms in total. The van der Waals surface area contributed by atoms with Gasteiger partial charge in [0.1, 0.15) is 12.7 Å². The Hall–Kier alpha value is -2.29. The van der Waals surface area contributed by atoms with E-state index in [0.717, 1.165) is 51.4 Å². The maximum Gasteiger partial charge on any atom is 0.472 e. The fraction of sp³-hybridized carbons (Fsp3) is 0.600. The minimum atomic E-state index is -4.39. The smallest absolute Gasteiger partial charge is 0.463 e. The van der Waals surface area contributed by atoms with Gasteiger partial charge in [-0.15, -0.1) is 0 Å². The van der Waals surface area contributed by atoms with Crippen molar-refractivity contribution in [1.29, 1.82) is 0 Å². The lowest BCUT2D eigenvalue weighted by molar-refractivity contribution is -0.147. The molecule has 0 aliphatic rings. The molecule has 0 aromatic carbocycles. The number of amides is 1. The molecule has 2 atom stereocenters. The van der Waals surface area contributed by atoms with Crippen molar-refractivity contribution in [3.05, 3.63) is 60.8 Å². The number of rotatable bonds is 25. The summed E-state index contributed by atoms with van der Waals surface area (Å²) in [5.74, 6) is -0.622. The molecule has 0 aliphatic heterocycles. The third-order valence-corrected chi connectivity index (χ3v) is 6.20. The van der Waals surface area contributed by atoms with Crippen LogP contribution in [0.1, 0.15) is 84.5 Å². The number of allylic oxidation sites excluding steroid dienone is 10. The second kappa shape index (κ2) is 26.9. The lowest BCUT2D eigenvalue weighted by Gasteiger charge is -2.15. The number of hydrogen-bond acceptors (Lipinski definition) is 7. The Morgan fingerprint density at radius 3 is 1.95 bits per heavy atom. The third-order valence-electron chi connectivity index (χ3n) is 5.21. The molecular weight excluding hydrogens is 533 g/mol. The van der Waals surface area contributed by atoms with Crippen molar-refractivity contribution in [2.75, 3.05) is 26.4 Å². The molecule has 0 fully saturated rings. The maximum atomic E-state index is 11.8. The van der Waals surface area contributed by atoms with Crippen molar-refractivity contribution < 1.29 is 37.9 Å². The lowest BCUT2D eigenvalue weighted by Crippen LogP contribution is -2.27. The molecule has 0 aromatic heterocycles. The van der Waals surface area contributed by atoms with Crippen molar-refractivity contribution in [3.63, 3.8) is 0 Å². The zero-order valence-electron chi connectivity index (χ0n) is 24.2. The zero-order chi connectivity index (χ0) is 29.7. The van der Waals surface area contributed by atoms with Crippen LogP contribution < -0.4 is 5.32 Å². The van der Waals surface area contributed by atoms with Crippen LogP contribution in [-0.2, 0) is 27.9 Å². The topological polar surface area (TPSA) is 131 Å². The number of carbonyl (C=O) groups excluding carboxylic acids is 2. The molecule has 0 spiro atoms. The minimum absolute atomic E-state index is 0.0657. The highest BCUT2D eigenvalue weighted by molar-refractivity contribution is 7.47. The Labute approximate surface area is 240 Å². The fourth-order valence-electron chi connectivity index (χ4n) is 3.04. The van der Waals surface area contributed by atoms with Gasteiger partial charge in [-0.05, 0) is 51.4 Å². The second-order valence-electron chi connectivity index (χ2n) is 8.99. The van der Waals surface area contributed by atoms with Crippen LogP contribution in [0.3, 0.4) is 0 Å². The number of hydrogen-bond donors (Lipinski definition) is 3. The zero-order valence-corrected chi connectivity index (χ0v) is 25.1. The number of phosphoric ester groups is 1. The van der Waals surface area contributed by atoms with E-state index < -0.39 is 26.5 Å². The Morgan fingerprint density at radius 2 is 1.38 bits per heavy atom. The van der Waals surface area contributed by atoms with Gasteiger partial charge in [-0.1, -0.05) is 81.0 Å². The fourth-order valence-corrected chi connectivity index (χ4v) is 3.79. The van der Waals surface area contributed by atoms with Crippen molar-refractivity contribution in [2.45, 2.75) is 90.6 Å². The first-order valence-corrected chi connectivity index (χ1v) is 15.8. The van der Waals surface area contributed by atoms with Gasteiger partial charge in [0, 0.05) is 19.4 Å². The SMILES string of the molecule is CC/C=C\C/C=C\C/C=C\C/C=C\C/C=C\CCCC(=O)OCC(O)COP(=O)(O)OCCNC(=O)CCCC. The molecule has 10 heteroatoms. The highest BCUT2D eigenvalue weighted by atomic mass is 31.2. The van der Waals surface area contributed by atoms with Crippen LogP contribution in [0.15, 0.2) is 60.8 Å². The van der Waals surface area contributed by atoms with E-state index in [0.29, 0.717) is 12.8 Å². The Bertz CT molecular complexity index is 851. The number of nitrogens with one attached hydrogen (secondary N) is 1. The van der Waals surface area contributed by atoms with Crippen LogP contribution in [0.2, 0.25) is 0 Å². The van der Waals surface area contributed by atoms with Crippen molar-refractivity contribution in [3.8, 4) is 0 Å². The Morgan fingerprint density at radius 1 is 0.800 bits per heavy atom. The lowest BCUT2D eigenvalue weighted by atomic mass is 10.2. The average Bonchev–Trinajstić information content (AvgIpc) is 2.93. The van der Waals surface area contributed by atoms with Gasteiger partial charge < -0.3 is 20.1 Å². The van der Waals surface area contributed by atoms with Gasteiger partial charge in [-0.2, -0.15) is 0 Å². The number of esters is 1. The van der Waals surface area contributed by atoms with Gasteiger partial charge in [0.15, 0.2) is 0 Å². The summed E-state index contributed by atoms with van der Waals surface area (Å²) < 4.78 is 26.2. The summed E-state index contributed by atoms with van der Waals surface area (Å²) in [7, 11) is -4.39. The summed E-state index contributed by atoms with van der Waals surface area (Å²) in [4.78, 5) is 32.9. The molecule has 0 heterocycles. The number of unbranched alkanes of at least 4 members (excludes halogenated alkanes) is 2. The van der Waals surface area contributed by atoms with Crippen molar-refractivity contribution in [2.24, 2.45) is 0 Å². The summed E-state index contributed by atoms with van der Waals surface area (Å²) >= 11 is 0. The summed E-state index contributed by atoms with van der Waals surface area (Å²) in [6.07, 6.45) is 28.4. The van der Waals surface area contributed by atoms with Crippen LogP contribution in [0.5, 0.6) is 0 Å². The molecule has 0 bridgehead atoms. The molecule has 0 aromatic rings. The molecule has 0 aliphatic carbocycles. The van der Waals surface area contributed by atoms with Crippen LogP contribution in [-0.4, -0.2) is 54.3 Å². The van der Waals surface area contributed by atoms with Gasteiger partial charge in [0.2, 0.25) is 5.91 Å². The third kappa shape index (κ3) is 27.3. The number of aliphatic hydroxyl groups excluding tert-OH is 1. The first-order chi connectivity index (χ1) is 19.3. The molecular formula is C30H50NO8P. The van der Waals surface area contributed by atoms with Crippen LogP contribution in [0.4, 0.5) is 0 Å². The van der Waals surface area contributed by atoms with Crippen LogP contribution in [0.25, 0.3) is 0 Å². The Balaban J connectivity index is 3.78. The van der Waals surface area contributed by atoms with E-state index in [2.05, 4.69) is 66.9 Å². The molecule has 3 N–H and O–H groups in total. The van der Waals surface area contributed by atoms with Crippen molar-refractivity contribution in [1.82, 2.24) is 5.32 Å². The number of phosphoric acid groups is 1. The molecule has 228 valence electrons. The largest absolute Gasteiger partial charge is 0.472 e. The van der Waals surface area contributed by atoms with E-state index in [1.807, 2.05) is 13.0 Å². The first-order valence-electron chi connectivity index (χ1n) is 14.3. The molecule has 0 radical (unpaired) electrons. The van der Waals surface area contributed by atoms with E-state index in [4.69, 9.17) is 13.8 Å². The first kappa shape index (κ1) is 37.7. The summed E-state index contributed by atoms with van der Waals surface area (Å²) in [5.41, 5.74) is 0. The summed E-state index contributed by atoms with van der Waals surface area (Å²) in [5, 5.41) is 12.4. The molecule has 40 heavy (non-hydrogen) atoms. The predicted octanol–water partition coefficient (Wildman–Crippen LogP) is 6.25. The monoisotopic (exact) mass is 583 g/mol. The minimum Gasteiger partial charge on any atom is -0.463 e. The van der Waals surface area contributed by atoms with Gasteiger partial charge in [0.05, 0.1) is 13.2 Å². The van der Waals surface area contributed by atoms with Crippen LogP contribution >= 0.6 is 7.82 Å². The van der Waals surface area contributed by atoms with Gasteiger partial charge in [0.25, 0.3) is 0 Å². The number of aliphatic hydroxyl groups is 1. The highest BCUT2D eigenvalue weighted by Crippen LogP contribution is 2.42. The number of carbonyl (C=O) groups is 2. The standard InChI is InChI=1S/C30H50NO8P/c1-3-5-7-8-9-10-11-12-13-14-15-16-17-18-19-20-21-23-30(34)37-26-28(32)27-39-40(35,36)38-25-24-31-29(33)22-6-4-2/h5,7,9-10,12-13,15-16,18-19,28,32H,3-4,6,8,11,14,17,20-27H2,1-2H3,(H,31,33)(H,35,36)/b7-5-,10-9-,13-12-,16-15-,19-18-. The van der Waals surface area contributed by atoms with Crippen molar-refractivity contribution >= 4 is 19.7 Å². The molecule has 0 saturated heterocycles. The van der Waals surface area contributed by atoms with E-state index in [1.54, 1.807) is 0 Å². The molecule has 1 amide bonds. The Kier molecular flexibility index (Phi) is 25.4. The van der Waals surface area contributed by atoms with E-state index in [1.165, 1.54) is 0 Å². The normalized spacial score (nSPS) is 14.6. The molecule has 2 unspecified atom stereocenters. The predicted molar refractivity (Wildman–Crippen MR) is 160 cm³/mol. The van der Waals surface area contributed by atoms with E-state index in [9.17, 15) is 24.2 Å². The molecule has 0 saturated carbocycles.